The van der Waals surface area contributed by atoms with Crippen LogP contribution in [-0.4, -0.2) is 0 Å². The summed E-state index contributed by atoms with van der Waals surface area (Å²) in [5.74, 6) is 0. The first-order valence-electron chi connectivity index (χ1n) is 10.3. The van der Waals surface area contributed by atoms with Crippen LogP contribution in [0.15, 0.2) is 57.5 Å². The van der Waals surface area contributed by atoms with E-state index in [1.54, 1.807) is 0 Å². The minimum absolute atomic E-state index is 0.252. The molecule has 0 aliphatic heterocycles. The summed E-state index contributed by atoms with van der Waals surface area (Å²) in [6, 6.07) is 18.3. The molecule has 2 aromatic carbocycles. The molecule has 2 saturated carbocycles. The van der Waals surface area contributed by atoms with Crippen LogP contribution in [0.5, 0.6) is 0 Å². The lowest BCUT2D eigenvalue weighted by atomic mass is 9.82. The molecule has 144 valence electrons. The zero-order valence-corrected chi connectivity index (χ0v) is 19.8. The molecule has 0 spiro atoms. The highest BCUT2D eigenvalue weighted by Gasteiger charge is 2.45. The van der Waals surface area contributed by atoms with E-state index in [1.165, 1.54) is 84.3 Å². The molecule has 3 heteroatoms. The third kappa shape index (κ3) is 4.36. The van der Waals surface area contributed by atoms with Gasteiger partial charge in [0, 0.05) is 18.4 Å². The molecule has 0 unspecified atom stereocenters. The highest BCUT2D eigenvalue weighted by Crippen LogP contribution is 2.60. The smallest absolute Gasteiger partial charge is 0.0417 e. The maximum atomic E-state index is 3.73. The largest absolute Gasteiger partial charge is 0.139 e. The van der Waals surface area contributed by atoms with Crippen LogP contribution in [0.3, 0.4) is 0 Å². The van der Waals surface area contributed by atoms with Crippen molar-refractivity contribution in [2.24, 2.45) is 0 Å². The average molecular weight is 508 g/mol. The standard InChI is InChI=1S/C24H28Br2S/c25-21-11-7-9-19(17-21)23(13-3-1-4-14-23)27-24(15-5-2-6-16-24)20-10-8-12-22(26)18-20/h7-12,17-18H,1-6,13-16H2. The number of hydrogen-bond donors (Lipinski definition) is 0. The molecule has 0 N–H and O–H groups in total. The van der Waals surface area contributed by atoms with Crippen molar-refractivity contribution >= 4 is 43.6 Å². The lowest BCUT2D eigenvalue weighted by Gasteiger charge is -2.47. The van der Waals surface area contributed by atoms with Gasteiger partial charge in [0.15, 0.2) is 0 Å². The second-order valence-corrected chi connectivity index (χ2v) is 11.8. The molecule has 2 aliphatic carbocycles. The van der Waals surface area contributed by atoms with Crippen molar-refractivity contribution < 1.29 is 0 Å². The molecule has 0 bridgehead atoms. The summed E-state index contributed by atoms with van der Waals surface area (Å²) in [6.07, 6.45) is 13.4. The Kier molecular flexibility index (Phi) is 6.41. The molecule has 0 saturated heterocycles. The SMILES string of the molecule is Brc1cccc(C2(SC3(c4cccc(Br)c4)CCCCC3)CCCCC2)c1. The quantitative estimate of drug-likeness (QED) is 0.397. The van der Waals surface area contributed by atoms with Crippen molar-refractivity contribution in [3.63, 3.8) is 0 Å². The lowest BCUT2D eigenvalue weighted by molar-refractivity contribution is 0.374. The minimum atomic E-state index is 0.252. The Morgan fingerprint density at radius 3 is 1.37 bits per heavy atom. The first-order chi connectivity index (χ1) is 13.1. The Morgan fingerprint density at radius 2 is 1.00 bits per heavy atom. The third-order valence-electron chi connectivity index (χ3n) is 6.41. The monoisotopic (exact) mass is 506 g/mol. The molecule has 4 rings (SSSR count). The van der Waals surface area contributed by atoms with Crippen LogP contribution < -0.4 is 0 Å². The summed E-state index contributed by atoms with van der Waals surface area (Å²) in [5, 5.41) is 0. The number of hydrogen-bond acceptors (Lipinski definition) is 1. The van der Waals surface area contributed by atoms with Gasteiger partial charge >= 0.3 is 0 Å². The van der Waals surface area contributed by atoms with Gasteiger partial charge in [0.1, 0.15) is 0 Å². The molecule has 0 nitrogen and oxygen atoms in total. The van der Waals surface area contributed by atoms with Crippen LogP contribution in [0.1, 0.15) is 75.3 Å². The molecule has 0 aromatic heterocycles. The number of benzene rings is 2. The summed E-state index contributed by atoms with van der Waals surface area (Å²) in [5.41, 5.74) is 3.06. The van der Waals surface area contributed by atoms with Crippen LogP contribution in [0.25, 0.3) is 0 Å². The van der Waals surface area contributed by atoms with Crippen molar-refractivity contribution in [1.29, 1.82) is 0 Å². The normalized spacial score (nSPS) is 21.7. The van der Waals surface area contributed by atoms with Crippen LogP contribution in [0.4, 0.5) is 0 Å². The average Bonchev–Trinajstić information content (AvgIpc) is 2.69. The topological polar surface area (TPSA) is 0 Å². The van der Waals surface area contributed by atoms with Crippen LogP contribution in [0, 0.1) is 0 Å². The van der Waals surface area contributed by atoms with Gasteiger partial charge in [-0.25, -0.2) is 0 Å². The van der Waals surface area contributed by atoms with Crippen molar-refractivity contribution in [3.05, 3.63) is 68.6 Å². The summed E-state index contributed by atoms with van der Waals surface area (Å²) in [4.78, 5) is 0. The zero-order valence-electron chi connectivity index (χ0n) is 15.9. The highest BCUT2D eigenvalue weighted by molar-refractivity contribution is 9.10. The lowest BCUT2D eigenvalue weighted by Crippen LogP contribution is -2.35. The molecule has 2 aliphatic rings. The van der Waals surface area contributed by atoms with Gasteiger partial charge in [-0.3, -0.25) is 0 Å². The Bertz CT molecular complexity index is 708. The van der Waals surface area contributed by atoms with Crippen molar-refractivity contribution in [2.75, 3.05) is 0 Å². The number of thioether (sulfide) groups is 1. The Balaban J connectivity index is 1.77. The molecule has 0 amide bonds. The maximum Gasteiger partial charge on any atom is 0.0417 e. The fourth-order valence-electron chi connectivity index (χ4n) is 5.06. The van der Waals surface area contributed by atoms with Gasteiger partial charge in [-0.2, -0.15) is 0 Å². The van der Waals surface area contributed by atoms with Crippen molar-refractivity contribution in [1.82, 2.24) is 0 Å². The Morgan fingerprint density at radius 1 is 0.593 bits per heavy atom. The van der Waals surface area contributed by atoms with E-state index >= 15 is 0 Å². The first-order valence-corrected chi connectivity index (χ1v) is 12.7. The van der Waals surface area contributed by atoms with E-state index in [0.29, 0.717) is 0 Å². The van der Waals surface area contributed by atoms with Crippen molar-refractivity contribution in [2.45, 2.75) is 73.7 Å². The van der Waals surface area contributed by atoms with Crippen LogP contribution >= 0.6 is 43.6 Å². The summed E-state index contributed by atoms with van der Waals surface area (Å²) < 4.78 is 2.93. The summed E-state index contributed by atoms with van der Waals surface area (Å²) >= 11 is 9.78. The van der Waals surface area contributed by atoms with E-state index in [-0.39, 0.29) is 9.49 Å². The third-order valence-corrected chi connectivity index (χ3v) is 9.47. The fourth-order valence-corrected chi connectivity index (χ4v) is 8.08. The first kappa shape index (κ1) is 20.0. The maximum absolute atomic E-state index is 3.73. The number of halogens is 2. The van der Waals surface area contributed by atoms with Gasteiger partial charge < -0.3 is 0 Å². The Labute approximate surface area is 185 Å². The molecule has 0 radical (unpaired) electrons. The fraction of sp³-hybridized carbons (Fsp3) is 0.500. The molecule has 2 fully saturated rings. The van der Waals surface area contributed by atoms with Gasteiger partial charge in [-0.05, 0) is 61.1 Å². The predicted molar refractivity (Wildman–Crippen MR) is 125 cm³/mol. The molecule has 27 heavy (non-hydrogen) atoms. The highest BCUT2D eigenvalue weighted by atomic mass is 79.9. The molecular formula is C24H28Br2S. The van der Waals surface area contributed by atoms with Gasteiger partial charge in [0.05, 0.1) is 0 Å². The predicted octanol–water partition coefficient (Wildman–Crippen LogP) is 8.96. The summed E-state index contributed by atoms with van der Waals surface area (Å²) in [7, 11) is 0. The van der Waals surface area contributed by atoms with E-state index in [0.717, 1.165) is 0 Å². The van der Waals surface area contributed by atoms with E-state index in [2.05, 4.69) is 92.2 Å². The molecule has 0 heterocycles. The molecule has 0 atom stereocenters. The van der Waals surface area contributed by atoms with Crippen molar-refractivity contribution in [3.8, 4) is 0 Å². The van der Waals surface area contributed by atoms with Gasteiger partial charge in [0.2, 0.25) is 0 Å². The van der Waals surface area contributed by atoms with Crippen LogP contribution in [-0.2, 0) is 9.49 Å². The molecule has 2 aromatic rings. The van der Waals surface area contributed by atoms with Crippen LogP contribution in [0.2, 0.25) is 0 Å². The number of rotatable bonds is 4. The zero-order chi connectivity index (χ0) is 18.7. The van der Waals surface area contributed by atoms with Gasteiger partial charge in [-0.1, -0.05) is 94.7 Å². The van der Waals surface area contributed by atoms with E-state index in [1.807, 2.05) is 0 Å². The van der Waals surface area contributed by atoms with E-state index < -0.39 is 0 Å². The Hall–Kier alpha value is -0.250. The van der Waals surface area contributed by atoms with Gasteiger partial charge in [-0.15, -0.1) is 11.8 Å². The second kappa shape index (κ2) is 8.63. The molecular weight excluding hydrogens is 480 g/mol. The minimum Gasteiger partial charge on any atom is -0.139 e. The second-order valence-electron chi connectivity index (χ2n) is 8.23. The van der Waals surface area contributed by atoms with Gasteiger partial charge in [0.25, 0.3) is 0 Å². The van der Waals surface area contributed by atoms with E-state index in [4.69, 9.17) is 0 Å². The summed E-state index contributed by atoms with van der Waals surface area (Å²) in [6.45, 7) is 0. The van der Waals surface area contributed by atoms with E-state index in [9.17, 15) is 0 Å².